The van der Waals surface area contributed by atoms with Gasteiger partial charge in [-0.3, -0.25) is 0 Å². The first-order valence-corrected chi connectivity index (χ1v) is 6.83. The Morgan fingerprint density at radius 3 is 2.47 bits per heavy atom. The number of fused-ring (bicyclic) bond motifs is 3. The van der Waals surface area contributed by atoms with Gasteiger partial charge in [0.05, 0.1) is 11.2 Å². The van der Waals surface area contributed by atoms with Crippen molar-refractivity contribution in [1.82, 2.24) is 0 Å². The van der Waals surface area contributed by atoms with Crippen molar-refractivity contribution in [2.45, 2.75) is 58.2 Å². The zero-order valence-electron chi connectivity index (χ0n) is 11.3. The molecule has 2 N–H and O–H groups in total. The molecule has 0 aromatic rings. The fourth-order valence-corrected chi connectivity index (χ4v) is 4.62. The third-order valence-corrected chi connectivity index (χ3v) is 5.80. The van der Waals surface area contributed by atoms with Gasteiger partial charge in [-0.1, -0.05) is 19.9 Å². The van der Waals surface area contributed by atoms with Crippen molar-refractivity contribution in [1.29, 1.82) is 0 Å². The van der Waals surface area contributed by atoms with Gasteiger partial charge in [-0.2, -0.15) is 0 Å². The summed E-state index contributed by atoms with van der Waals surface area (Å²) in [7, 11) is 0. The maximum atomic E-state index is 10.6. The molecule has 2 heteroatoms. The summed E-state index contributed by atoms with van der Waals surface area (Å²) in [5.41, 5.74) is 0.101. The number of hydrogen-bond acceptors (Lipinski definition) is 2. The standard InChI is InChI=1S/C15H24O2/c1-13(2)9-5-7-14(3,16)10-6-8-15(4,17)12(10)11(9)13/h6,9,11-12,16-17H,5,7-8H2,1-4H3/t9-,11-,12-,14-,15+/m1/s1. The molecule has 0 saturated heterocycles. The van der Waals surface area contributed by atoms with Gasteiger partial charge in [0, 0.05) is 5.92 Å². The van der Waals surface area contributed by atoms with Crippen LogP contribution in [0, 0.1) is 23.2 Å². The number of rotatable bonds is 0. The van der Waals surface area contributed by atoms with Crippen LogP contribution in [0.15, 0.2) is 11.6 Å². The first-order chi connectivity index (χ1) is 7.68. The van der Waals surface area contributed by atoms with Crippen molar-refractivity contribution in [3.05, 3.63) is 11.6 Å². The molecule has 96 valence electrons. The highest BCUT2D eigenvalue weighted by Crippen LogP contribution is 2.70. The molecule has 3 aliphatic rings. The second-order valence-corrected chi connectivity index (χ2v) is 7.46. The molecular formula is C15H24O2. The van der Waals surface area contributed by atoms with Crippen LogP contribution in [0.25, 0.3) is 0 Å². The van der Waals surface area contributed by atoms with Crippen LogP contribution in [0.3, 0.4) is 0 Å². The lowest BCUT2D eigenvalue weighted by atomic mass is 9.76. The molecule has 0 aromatic carbocycles. The van der Waals surface area contributed by atoms with Gasteiger partial charge in [0.1, 0.15) is 0 Å². The third kappa shape index (κ3) is 1.40. The second-order valence-electron chi connectivity index (χ2n) is 7.46. The van der Waals surface area contributed by atoms with Gasteiger partial charge in [0.25, 0.3) is 0 Å². The Kier molecular flexibility index (Phi) is 2.05. The van der Waals surface area contributed by atoms with Crippen LogP contribution in [0.5, 0.6) is 0 Å². The van der Waals surface area contributed by atoms with E-state index in [1.807, 2.05) is 13.8 Å². The maximum absolute atomic E-state index is 10.6. The van der Waals surface area contributed by atoms with E-state index in [4.69, 9.17) is 0 Å². The second kappa shape index (κ2) is 2.97. The Balaban J connectivity index is 2.04. The Morgan fingerprint density at radius 1 is 1.18 bits per heavy atom. The molecule has 2 nitrogen and oxygen atoms in total. The van der Waals surface area contributed by atoms with Gasteiger partial charge in [-0.25, -0.2) is 0 Å². The average molecular weight is 236 g/mol. The van der Waals surface area contributed by atoms with E-state index in [1.54, 1.807) is 0 Å². The van der Waals surface area contributed by atoms with Crippen LogP contribution in [-0.4, -0.2) is 21.4 Å². The fraction of sp³-hybridized carbons (Fsp3) is 0.867. The summed E-state index contributed by atoms with van der Waals surface area (Å²) in [6.07, 6.45) is 4.73. The molecular weight excluding hydrogens is 212 g/mol. The van der Waals surface area contributed by atoms with Crippen molar-refractivity contribution >= 4 is 0 Å². The van der Waals surface area contributed by atoms with Gasteiger partial charge in [0.15, 0.2) is 0 Å². The van der Waals surface area contributed by atoms with Gasteiger partial charge in [0.2, 0.25) is 0 Å². The molecule has 0 aromatic heterocycles. The molecule has 0 heterocycles. The predicted molar refractivity (Wildman–Crippen MR) is 67.4 cm³/mol. The Bertz CT molecular complexity index is 390. The van der Waals surface area contributed by atoms with Crippen molar-refractivity contribution in [2.24, 2.45) is 23.2 Å². The van der Waals surface area contributed by atoms with Crippen LogP contribution >= 0.6 is 0 Å². The highest BCUT2D eigenvalue weighted by Gasteiger charge is 2.67. The smallest absolute Gasteiger partial charge is 0.0832 e. The van der Waals surface area contributed by atoms with Gasteiger partial charge >= 0.3 is 0 Å². The van der Waals surface area contributed by atoms with E-state index < -0.39 is 11.2 Å². The summed E-state index contributed by atoms with van der Waals surface area (Å²) in [6, 6.07) is 0. The molecule has 0 amide bonds. The van der Waals surface area contributed by atoms with E-state index in [0.717, 1.165) is 18.4 Å². The lowest BCUT2D eigenvalue weighted by Crippen LogP contribution is -2.39. The Morgan fingerprint density at radius 2 is 1.82 bits per heavy atom. The van der Waals surface area contributed by atoms with E-state index in [0.29, 0.717) is 23.7 Å². The third-order valence-electron chi connectivity index (χ3n) is 5.80. The van der Waals surface area contributed by atoms with Crippen LogP contribution < -0.4 is 0 Å². The lowest BCUT2D eigenvalue weighted by molar-refractivity contribution is -0.00345. The zero-order chi connectivity index (χ0) is 12.6. The highest BCUT2D eigenvalue weighted by atomic mass is 16.3. The fourth-order valence-electron chi connectivity index (χ4n) is 4.62. The molecule has 0 radical (unpaired) electrons. The first-order valence-electron chi connectivity index (χ1n) is 6.83. The molecule has 5 atom stereocenters. The van der Waals surface area contributed by atoms with Gasteiger partial charge in [-0.15, -0.1) is 0 Å². The summed E-state index contributed by atoms with van der Waals surface area (Å²) in [4.78, 5) is 0. The summed E-state index contributed by atoms with van der Waals surface area (Å²) >= 11 is 0. The van der Waals surface area contributed by atoms with Crippen molar-refractivity contribution in [3.63, 3.8) is 0 Å². The quantitative estimate of drug-likeness (QED) is 0.634. The van der Waals surface area contributed by atoms with Crippen LogP contribution in [-0.2, 0) is 0 Å². The van der Waals surface area contributed by atoms with E-state index in [1.165, 1.54) is 0 Å². The van der Waals surface area contributed by atoms with Crippen LogP contribution in [0.2, 0.25) is 0 Å². The normalized spacial score (nSPS) is 55.6. The minimum atomic E-state index is -0.700. The van der Waals surface area contributed by atoms with Crippen molar-refractivity contribution in [2.75, 3.05) is 0 Å². The summed E-state index contributed by atoms with van der Waals surface area (Å²) in [5, 5.41) is 21.2. The minimum absolute atomic E-state index is 0.167. The molecule has 0 spiro atoms. The molecule has 3 aliphatic carbocycles. The van der Waals surface area contributed by atoms with E-state index in [2.05, 4.69) is 19.9 Å². The average Bonchev–Trinajstić information content (AvgIpc) is 2.59. The molecule has 0 aliphatic heterocycles. The topological polar surface area (TPSA) is 40.5 Å². The molecule has 0 bridgehead atoms. The predicted octanol–water partition coefficient (Wildman–Crippen LogP) is 2.50. The minimum Gasteiger partial charge on any atom is -0.389 e. The van der Waals surface area contributed by atoms with Gasteiger partial charge in [-0.05, 0) is 55.9 Å². The van der Waals surface area contributed by atoms with Crippen molar-refractivity contribution < 1.29 is 10.2 Å². The van der Waals surface area contributed by atoms with Crippen LogP contribution in [0.4, 0.5) is 0 Å². The van der Waals surface area contributed by atoms with Gasteiger partial charge < -0.3 is 10.2 Å². The van der Waals surface area contributed by atoms with E-state index in [9.17, 15) is 10.2 Å². The largest absolute Gasteiger partial charge is 0.389 e. The number of aliphatic hydroxyl groups is 2. The maximum Gasteiger partial charge on any atom is 0.0832 e. The molecule has 2 saturated carbocycles. The van der Waals surface area contributed by atoms with E-state index in [-0.39, 0.29) is 5.92 Å². The Labute approximate surface area is 104 Å². The molecule has 0 unspecified atom stereocenters. The summed E-state index contributed by atoms with van der Waals surface area (Å²) in [6.45, 7) is 8.49. The molecule has 2 fully saturated rings. The zero-order valence-corrected chi connectivity index (χ0v) is 11.3. The SMILES string of the molecule is CC1(C)[C@@H]2[C@H]1CC[C@@](C)(O)C1=CC[C@](C)(O)[C@H]12. The highest BCUT2D eigenvalue weighted by molar-refractivity contribution is 5.35. The monoisotopic (exact) mass is 236 g/mol. The first kappa shape index (κ1) is 11.7. The van der Waals surface area contributed by atoms with E-state index >= 15 is 0 Å². The summed E-state index contributed by atoms with van der Waals surface area (Å²) < 4.78 is 0. The Hall–Kier alpha value is -0.340. The molecule has 17 heavy (non-hydrogen) atoms. The van der Waals surface area contributed by atoms with Crippen molar-refractivity contribution in [3.8, 4) is 0 Å². The van der Waals surface area contributed by atoms with Crippen LogP contribution in [0.1, 0.15) is 47.0 Å². The molecule has 3 rings (SSSR count). The summed E-state index contributed by atoms with van der Waals surface area (Å²) in [5.74, 6) is 1.40. The number of hydrogen-bond donors (Lipinski definition) is 2. The lowest BCUT2D eigenvalue weighted by Gasteiger charge is -2.35.